The maximum Gasteiger partial charge on any atom is 0.226 e. The monoisotopic (exact) mass is 321 g/mol. The van der Waals surface area contributed by atoms with E-state index in [1.807, 2.05) is 7.05 Å². The fraction of sp³-hybridized carbons (Fsp3) is 0.471. The lowest BCUT2D eigenvalue weighted by atomic mass is 10.1. The van der Waals surface area contributed by atoms with Crippen molar-refractivity contribution in [3.8, 4) is 11.5 Å². The summed E-state index contributed by atoms with van der Waals surface area (Å²) >= 11 is 0. The van der Waals surface area contributed by atoms with Crippen molar-refractivity contribution in [1.82, 2.24) is 15.2 Å². The van der Waals surface area contributed by atoms with E-state index in [9.17, 15) is 0 Å². The number of aromatic nitrogens is 1. The smallest absolute Gasteiger partial charge is 0.226 e. The van der Waals surface area contributed by atoms with Crippen LogP contribution < -0.4 is 5.32 Å². The number of likely N-dealkylation sites (tertiary alicyclic amines) is 1. The zero-order valence-electron chi connectivity index (χ0n) is 13.2. The molecular weight excluding hydrogens is 298 g/mol. The Morgan fingerprint density at radius 2 is 1.91 bits per heavy atom. The SMILES string of the molecule is CNC1CCN(Cc2coc(-c3ccc(C)cc3)n2)CC1.Cl. The van der Waals surface area contributed by atoms with Crippen LogP contribution in [0, 0.1) is 6.92 Å². The number of halogens is 1. The molecule has 0 bridgehead atoms. The van der Waals surface area contributed by atoms with E-state index in [-0.39, 0.29) is 12.4 Å². The van der Waals surface area contributed by atoms with Crippen LogP contribution in [0.15, 0.2) is 34.9 Å². The first-order valence-electron chi connectivity index (χ1n) is 7.65. The van der Waals surface area contributed by atoms with Gasteiger partial charge in [-0.25, -0.2) is 4.98 Å². The first kappa shape index (κ1) is 17.0. The number of nitrogens with one attached hydrogen (secondary N) is 1. The van der Waals surface area contributed by atoms with Crippen molar-refractivity contribution in [3.63, 3.8) is 0 Å². The molecule has 120 valence electrons. The van der Waals surface area contributed by atoms with Gasteiger partial charge < -0.3 is 9.73 Å². The van der Waals surface area contributed by atoms with E-state index >= 15 is 0 Å². The van der Waals surface area contributed by atoms with Crippen molar-refractivity contribution in [3.05, 3.63) is 41.8 Å². The molecule has 0 spiro atoms. The highest BCUT2D eigenvalue weighted by Gasteiger charge is 2.18. The average Bonchev–Trinajstić information content (AvgIpc) is 2.97. The molecule has 0 saturated carbocycles. The van der Waals surface area contributed by atoms with Crippen molar-refractivity contribution in [2.24, 2.45) is 0 Å². The van der Waals surface area contributed by atoms with Crippen LogP contribution in [0.1, 0.15) is 24.1 Å². The van der Waals surface area contributed by atoms with Crippen molar-refractivity contribution in [2.45, 2.75) is 32.4 Å². The molecule has 2 heterocycles. The molecule has 1 aromatic carbocycles. The second-order valence-electron chi connectivity index (χ2n) is 5.85. The fourth-order valence-electron chi connectivity index (χ4n) is 2.82. The minimum Gasteiger partial charge on any atom is -0.444 e. The van der Waals surface area contributed by atoms with Gasteiger partial charge in [0.25, 0.3) is 0 Å². The van der Waals surface area contributed by atoms with Crippen LogP contribution >= 0.6 is 12.4 Å². The number of hydrogen-bond acceptors (Lipinski definition) is 4. The first-order chi connectivity index (χ1) is 10.2. The molecule has 0 unspecified atom stereocenters. The van der Waals surface area contributed by atoms with E-state index < -0.39 is 0 Å². The van der Waals surface area contributed by atoms with E-state index in [1.165, 1.54) is 18.4 Å². The molecule has 0 aliphatic carbocycles. The van der Waals surface area contributed by atoms with Crippen LogP contribution in [-0.4, -0.2) is 36.1 Å². The Hall–Kier alpha value is -1.36. The van der Waals surface area contributed by atoms with Gasteiger partial charge in [0.05, 0.1) is 5.69 Å². The summed E-state index contributed by atoms with van der Waals surface area (Å²) in [5.41, 5.74) is 3.31. The van der Waals surface area contributed by atoms with E-state index in [0.717, 1.165) is 36.8 Å². The number of rotatable bonds is 4. The van der Waals surface area contributed by atoms with Gasteiger partial charge in [-0.2, -0.15) is 0 Å². The maximum atomic E-state index is 5.62. The average molecular weight is 322 g/mol. The number of oxazole rings is 1. The van der Waals surface area contributed by atoms with Crippen molar-refractivity contribution >= 4 is 12.4 Å². The molecule has 0 atom stereocenters. The molecule has 22 heavy (non-hydrogen) atoms. The van der Waals surface area contributed by atoms with Gasteiger partial charge in [-0.3, -0.25) is 4.90 Å². The van der Waals surface area contributed by atoms with E-state index in [0.29, 0.717) is 6.04 Å². The second-order valence-corrected chi connectivity index (χ2v) is 5.85. The predicted octanol–water partition coefficient (Wildman–Crippen LogP) is 3.26. The molecule has 0 amide bonds. The van der Waals surface area contributed by atoms with Crippen LogP contribution in [0.2, 0.25) is 0 Å². The summed E-state index contributed by atoms with van der Waals surface area (Å²) in [5.74, 6) is 0.718. The molecule has 4 nitrogen and oxygen atoms in total. The highest BCUT2D eigenvalue weighted by molar-refractivity contribution is 5.85. The van der Waals surface area contributed by atoms with Crippen LogP contribution in [0.25, 0.3) is 11.5 Å². The third kappa shape index (κ3) is 4.09. The standard InChI is InChI=1S/C17H23N3O.ClH/c1-13-3-5-14(6-4-13)17-19-16(12-21-17)11-20-9-7-15(18-2)8-10-20;/h3-6,12,15,18H,7-11H2,1-2H3;1H. The first-order valence-corrected chi connectivity index (χ1v) is 7.65. The number of nitrogens with zero attached hydrogens (tertiary/aromatic N) is 2. The van der Waals surface area contributed by atoms with Gasteiger partial charge >= 0.3 is 0 Å². The Morgan fingerprint density at radius 3 is 2.55 bits per heavy atom. The Morgan fingerprint density at radius 1 is 1.23 bits per heavy atom. The Balaban J connectivity index is 0.00000176. The highest BCUT2D eigenvalue weighted by atomic mass is 35.5. The third-order valence-corrected chi connectivity index (χ3v) is 4.23. The Kier molecular flexibility index (Phi) is 6.00. The van der Waals surface area contributed by atoms with E-state index in [1.54, 1.807) is 6.26 Å². The highest BCUT2D eigenvalue weighted by Crippen LogP contribution is 2.20. The van der Waals surface area contributed by atoms with Gasteiger partial charge in [0.1, 0.15) is 6.26 Å². The molecule has 0 radical (unpaired) electrons. The van der Waals surface area contributed by atoms with Gasteiger partial charge in [-0.1, -0.05) is 17.7 Å². The quantitative estimate of drug-likeness (QED) is 0.938. The topological polar surface area (TPSA) is 41.3 Å². The summed E-state index contributed by atoms with van der Waals surface area (Å²) < 4.78 is 5.62. The van der Waals surface area contributed by atoms with Crippen molar-refractivity contribution in [2.75, 3.05) is 20.1 Å². The molecule has 1 saturated heterocycles. The zero-order chi connectivity index (χ0) is 14.7. The molecular formula is C17H24ClN3O. The van der Waals surface area contributed by atoms with Gasteiger partial charge in [0, 0.05) is 31.2 Å². The summed E-state index contributed by atoms with van der Waals surface area (Å²) in [7, 11) is 2.05. The number of hydrogen-bond donors (Lipinski definition) is 1. The maximum absolute atomic E-state index is 5.62. The van der Waals surface area contributed by atoms with Crippen LogP contribution in [0.5, 0.6) is 0 Å². The van der Waals surface area contributed by atoms with Crippen LogP contribution in [-0.2, 0) is 6.54 Å². The van der Waals surface area contributed by atoms with Gasteiger partial charge in [0.2, 0.25) is 5.89 Å². The molecule has 1 fully saturated rings. The molecule has 3 rings (SSSR count). The van der Waals surface area contributed by atoms with Crippen molar-refractivity contribution < 1.29 is 4.42 Å². The minimum absolute atomic E-state index is 0. The Bertz CT molecular complexity index is 574. The number of aryl methyl sites for hydroxylation is 1. The van der Waals surface area contributed by atoms with Gasteiger partial charge in [-0.05, 0) is 38.9 Å². The zero-order valence-corrected chi connectivity index (χ0v) is 14.0. The molecule has 1 aliphatic heterocycles. The molecule has 2 aromatic rings. The molecule has 1 N–H and O–H groups in total. The molecule has 5 heteroatoms. The predicted molar refractivity (Wildman–Crippen MR) is 91.3 cm³/mol. The minimum atomic E-state index is 0. The van der Waals surface area contributed by atoms with Crippen LogP contribution in [0.3, 0.4) is 0 Å². The lowest BCUT2D eigenvalue weighted by Crippen LogP contribution is -2.40. The van der Waals surface area contributed by atoms with Gasteiger partial charge in [-0.15, -0.1) is 12.4 Å². The summed E-state index contributed by atoms with van der Waals surface area (Å²) in [5, 5.41) is 3.36. The largest absolute Gasteiger partial charge is 0.444 e. The lowest BCUT2D eigenvalue weighted by molar-refractivity contribution is 0.192. The Labute approximate surface area is 138 Å². The summed E-state index contributed by atoms with van der Waals surface area (Å²) in [6.45, 7) is 5.21. The van der Waals surface area contributed by atoms with Crippen LogP contribution in [0.4, 0.5) is 0 Å². The third-order valence-electron chi connectivity index (χ3n) is 4.23. The summed E-state index contributed by atoms with van der Waals surface area (Å²) in [6, 6.07) is 8.96. The second kappa shape index (κ2) is 7.77. The number of benzene rings is 1. The van der Waals surface area contributed by atoms with E-state index in [2.05, 4.69) is 46.4 Å². The fourth-order valence-corrected chi connectivity index (χ4v) is 2.82. The molecule has 1 aliphatic rings. The summed E-state index contributed by atoms with van der Waals surface area (Å²) in [4.78, 5) is 7.07. The van der Waals surface area contributed by atoms with Gasteiger partial charge in [0.15, 0.2) is 0 Å². The van der Waals surface area contributed by atoms with Crippen molar-refractivity contribution in [1.29, 1.82) is 0 Å². The lowest BCUT2D eigenvalue weighted by Gasteiger charge is -2.31. The van der Waals surface area contributed by atoms with E-state index in [4.69, 9.17) is 4.42 Å². The number of piperidine rings is 1. The molecule has 1 aromatic heterocycles. The normalized spacial score (nSPS) is 16.5. The summed E-state index contributed by atoms with van der Waals surface area (Å²) in [6.07, 6.45) is 4.21.